The largest absolute Gasteiger partial charge is 0.476 e. The summed E-state index contributed by atoms with van der Waals surface area (Å²) in [5.41, 5.74) is 4.98. The van der Waals surface area contributed by atoms with Gasteiger partial charge in [-0.2, -0.15) is 5.10 Å². The summed E-state index contributed by atoms with van der Waals surface area (Å²) in [4.78, 5) is 13.0. The van der Waals surface area contributed by atoms with Crippen molar-refractivity contribution in [2.75, 3.05) is 0 Å². The standard InChI is InChI=1S/C20H18N2O2S/c1-3-15-17-18(20(23)24)21-22(13-10-8-12(2)9-11-13)19(17)14-6-4-5-7-16(14)25-15/h4-11,15H,3H2,1-2H3,(H,23,24). The van der Waals surface area contributed by atoms with Crippen LogP contribution in [0, 0.1) is 6.92 Å². The number of hydrogen-bond acceptors (Lipinski definition) is 3. The monoisotopic (exact) mass is 350 g/mol. The quantitative estimate of drug-likeness (QED) is 0.714. The summed E-state index contributed by atoms with van der Waals surface area (Å²) in [5, 5.41) is 14.3. The van der Waals surface area contributed by atoms with Gasteiger partial charge in [0.1, 0.15) is 0 Å². The molecule has 0 spiro atoms. The Labute approximate surface area is 150 Å². The second-order valence-corrected chi connectivity index (χ2v) is 7.42. The number of fused-ring (bicyclic) bond motifs is 3. The molecule has 4 nitrogen and oxygen atoms in total. The van der Waals surface area contributed by atoms with E-state index in [2.05, 4.69) is 18.1 Å². The fraction of sp³-hybridized carbons (Fsp3) is 0.200. The van der Waals surface area contributed by atoms with E-state index in [-0.39, 0.29) is 10.9 Å². The molecule has 126 valence electrons. The van der Waals surface area contributed by atoms with E-state index in [0.717, 1.165) is 34.5 Å². The molecule has 0 aliphatic carbocycles. The number of carboxylic acid groups (broad SMARTS) is 1. The Kier molecular flexibility index (Phi) is 3.88. The first-order chi connectivity index (χ1) is 12.1. The third-order valence-corrected chi connectivity index (χ3v) is 5.97. The molecule has 25 heavy (non-hydrogen) atoms. The summed E-state index contributed by atoms with van der Waals surface area (Å²) in [6.45, 7) is 4.12. The number of aryl methyl sites for hydroxylation is 1. The van der Waals surface area contributed by atoms with Crippen LogP contribution in [0.4, 0.5) is 0 Å². The van der Waals surface area contributed by atoms with Crippen LogP contribution >= 0.6 is 11.8 Å². The number of thioether (sulfide) groups is 1. The van der Waals surface area contributed by atoms with Gasteiger partial charge in [-0.3, -0.25) is 0 Å². The third kappa shape index (κ3) is 2.55. The zero-order valence-corrected chi connectivity index (χ0v) is 14.9. The molecular weight excluding hydrogens is 332 g/mol. The van der Waals surface area contributed by atoms with Gasteiger partial charge < -0.3 is 5.11 Å². The summed E-state index contributed by atoms with van der Waals surface area (Å²) >= 11 is 1.73. The van der Waals surface area contributed by atoms with Crippen molar-refractivity contribution in [2.45, 2.75) is 30.4 Å². The molecule has 0 amide bonds. The number of aromatic carboxylic acids is 1. The molecule has 1 unspecified atom stereocenters. The van der Waals surface area contributed by atoms with Gasteiger partial charge in [0.25, 0.3) is 0 Å². The molecule has 0 saturated heterocycles. The lowest BCUT2D eigenvalue weighted by Crippen LogP contribution is -2.07. The SMILES string of the molecule is CCC1Sc2ccccc2-c2c1c(C(=O)O)nn2-c1ccc(C)cc1. The molecule has 2 aromatic carbocycles. The highest BCUT2D eigenvalue weighted by atomic mass is 32.2. The lowest BCUT2D eigenvalue weighted by molar-refractivity contribution is 0.0688. The summed E-state index contributed by atoms with van der Waals surface area (Å²) in [7, 11) is 0. The molecule has 0 fully saturated rings. The number of carbonyl (C=O) groups is 1. The summed E-state index contributed by atoms with van der Waals surface area (Å²) in [6.07, 6.45) is 0.853. The Balaban J connectivity index is 2.05. The molecule has 1 aromatic heterocycles. The molecule has 0 bridgehead atoms. The van der Waals surface area contributed by atoms with Crippen molar-refractivity contribution in [1.29, 1.82) is 0 Å². The fourth-order valence-corrected chi connectivity index (χ4v) is 4.55. The number of rotatable bonds is 3. The highest BCUT2D eigenvalue weighted by molar-refractivity contribution is 7.99. The highest BCUT2D eigenvalue weighted by Gasteiger charge is 2.34. The Morgan fingerprint density at radius 1 is 1.20 bits per heavy atom. The summed E-state index contributed by atoms with van der Waals surface area (Å²) in [6, 6.07) is 16.2. The second-order valence-electron chi connectivity index (χ2n) is 6.17. The van der Waals surface area contributed by atoms with E-state index in [4.69, 9.17) is 0 Å². The Morgan fingerprint density at radius 3 is 2.60 bits per heavy atom. The van der Waals surface area contributed by atoms with Crippen LogP contribution in [0.2, 0.25) is 0 Å². The summed E-state index contributed by atoms with van der Waals surface area (Å²) < 4.78 is 1.79. The van der Waals surface area contributed by atoms with E-state index >= 15 is 0 Å². The zero-order valence-electron chi connectivity index (χ0n) is 14.1. The van der Waals surface area contributed by atoms with Crippen LogP contribution in [0.25, 0.3) is 16.9 Å². The van der Waals surface area contributed by atoms with Crippen LogP contribution < -0.4 is 0 Å². The first-order valence-electron chi connectivity index (χ1n) is 8.29. The van der Waals surface area contributed by atoms with Crippen molar-refractivity contribution < 1.29 is 9.90 Å². The van der Waals surface area contributed by atoms with Crippen molar-refractivity contribution >= 4 is 17.7 Å². The summed E-state index contributed by atoms with van der Waals surface area (Å²) in [5.74, 6) is -0.972. The molecule has 2 heterocycles. The van der Waals surface area contributed by atoms with Crippen LogP contribution in [-0.2, 0) is 0 Å². The van der Waals surface area contributed by atoms with Gasteiger partial charge in [-0.05, 0) is 31.5 Å². The lowest BCUT2D eigenvalue weighted by atomic mass is 10.00. The number of benzene rings is 2. The van der Waals surface area contributed by atoms with Crippen molar-refractivity contribution in [3.05, 3.63) is 65.4 Å². The second kappa shape index (κ2) is 6.08. The van der Waals surface area contributed by atoms with Gasteiger partial charge in [0, 0.05) is 21.3 Å². The maximum atomic E-state index is 11.9. The number of hydrogen-bond donors (Lipinski definition) is 1. The van der Waals surface area contributed by atoms with Crippen LogP contribution in [0.1, 0.15) is 40.2 Å². The van der Waals surface area contributed by atoms with Gasteiger partial charge in [0.2, 0.25) is 0 Å². The number of carboxylic acids is 1. The van der Waals surface area contributed by atoms with Crippen LogP contribution in [0.3, 0.4) is 0 Å². The molecule has 1 aliphatic rings. The van der Waals surface area contributed by atoms with Crippen LogP contribution in [-0.4, -0.2) is 20.9 Å². The smallest absolute Gasteiger partial charge is 0.356 e. The predicted octanol–water partition coefficient (Wildman–Crippen LogP) is 5.10. The normalized spacial score (nSPS) is 15.5. The van der Waals surface area contributed by atoms with E-state index in [0.29, 0.717) is 0 Å². The molecule has 3 aromatic rings. The van der Waals surface area contributed by atoms with Crippen molar-refractivity contribution in [1.82, 2.24) is 9.78 Å². The molecule has 1 N–H and O–H groups in total. The first-order valence-corrected chi connectivity index (χ1v) is 9.17. The van der Waals surface area contributed by atoms with Crippen molar-refractivity contribution in [3.8, 4) is 16.9 Å². The maximum absolute atomic E-state index is 11.9. The Bertz CT molecular complexity index is 960. The molecule has 5 heteroatoms. The topological polar surface area (TPSA) is 55.1 Å². The minimum Gasteiger partial charge on any atom is -0.476 e. The average Bonchev–Trinajstić information content (AvgIpc) is 3.03. The van der Waals surface area contributed by atoms with E-state index < -0.39 is 5.97 Å². The van der Waals surface area contributed by atoms with Gasteiger partial charge in [-0.15, -0.1) is 11.8 Å². The van der Waals surface area contributed by atoms with Gasteiger partial charge in [-0.1, -0.05) is 42.8 Å². The number of nitrogens with zero attached hydrogens (tertiary/aromatic N) is 2. The van der Waals surface area contributed by atoms with E-state index in [9.17, 15) is 9.90 Å². The van der Waals surface area contributed by atoms with E-state index in [1.165, 1.54) is 4.90 Å². The fourth-order valence-electron chi connectivity index (χ4n) is 3.29. The van der Waals surface area contributed by atoms with Gasteiger partial charge in [0.05, 0.1) is 11.4 Å². The molecule has 4 rings (SSSR count). The lowest BCUT2D eigenvalue weighted by Gasteiger charge is -2.24. The Morgan fingerprint density at radius 2 is 1.92 bits per heavy atom. The maximum Gasteiger partial charge on any atom is 0.356 e. The first kappa shape index (κ1) is 16.0. The van der Waals surface area contributed by atoms with E-state index in [1.54, 1.807) is 16.4 Å². The highest BCUT2D eigenvalue weighted by Crippen LogP contribution is 2.51. The molecule has 0 radical (unpaired) electrons. The molecular formula is C20H18N2O2S. The zero-order chi connectivity index (χ0) is 17.6. The minimum absolute atomic E-state index is 0.0928. The van der Waals surface area contributed by atoms with Crippen LogP contribution in [0.15, 0.2) is 53.4 Å². The van der Waals surface area contributed by atoms with Gasteiger partial charge in [-0.25, -0.2) is 9.48 Å². The van der Waals surface area contributed by atoms with Crippen molar-refractivity contribution in [2.24, 2.45) is 0 Å². The molecule has 0 saturated carbocycles. The van der Waals surface area contributed by atoms with E-state index in [1.807, 2.05) is 49.4 Å². The molecule has 1 atom stereocenters. The van der Waals surface area contributed by atoms with Crippen molar-refractivity contribution in [3.63, 3.8) is 0 Å². The average molecular weight is 350 g/mol. The molecule has 1 aliphatic heterocycles. The third-order valence-electron chi connectivity index (χ3n) is 4.51. The Hall–Kier alpha value is -2.53. The van der Waals surface area contributed by atoms with Gasteiger partial charge in [0.15, 0.2) is 5.69 Å². The predicted molar refractivity (Wildman–Crippen MR) is 99.6 cm³/mol. The van der Waals surface area contributed by atoms with Gasteiger partial charge >= 0.3 is 5.97 Å². The minimum atomic E-state index is -0.972. The van der Waals surface area contributed by atoms with Crippen LogP contribution in [0.5, 0.6) is 0 Å². The number of aromatic nitrogens is 2.